The average molecular weight is 295 g/mol. The molecule has 0 saturated carbocycles. The number of nitrogens with zero attached hydrogens (tertiary/aromatic N) is 1. The van der Waals surface area contributed by atoms with Gasteiger partial charge >= 0.3 is 0 Å². The molecular weight excluding hydrogens is 284 g/mol. The van der Waals surface area contributed by atoms with Gasteiger partial charge in [-0.3, -0.25) is 0 Å². The monoisotopic (exact) mass is 295 g/mol. The standard InChI is InChI=1S/C14H11F2NO2S/c15-13-5-9(6-14(16)12(13)7-17)8-3-10-1-2-11(4-8)20(10,18)19/h3,5-6,10-11H,1-2,4H2. The first-order valence-electron chi connectivity index (χ1n) is 6.26. The number of hydrogen-bond acceptors (Lipinski definition) is 3. The molecule has 1 aromatic carbocycles. The van der Waals surface area contributed by atoms with Crippen LogP contribution in [0, 0.1) is 23.0 Å². The Bertz CT molecular complexity index is 739. The van der Waals surface area contributed by atoms with E-state index in [-0.39, 0.29) is 6.42 Å². The fourth-order valence-corrected chi connectivity index (χ4v) is 5.13. The van der Waals surface area contributed by atoms with E-state index in [1.54, 1.807) is 6.08 Å². The van der Waals surface area contributed by atoms with Gasteiger partial charge in [-0.05, 0) is 42.5 Å². The molecule has 0 spiro atoms. The molecule has 0 aliphatic carbocycles. The molecule has 3 nitrogen and oxygen atoms in total. The Morgan fingerprint density at radius 3 is 2.40 bits per heavy atom. The summed E-state index contributed by atoms with van der Waals surface area (Å²) in [5.41, 5.74) is 0.362. The fraction of sp³-hybridized carbons (Fsp3) is 0.357. The van der Waals surface area contributed by atoms with Crippen molar-refractivity contribution in [2.45, 2.75) is 29.8 Å². The van der Waals surface area contributed by atoms with E-state index in [1.165, 1.54) is 6.07 Å². The highest BCUT2D eigenvalue weighted by atomic mass is 32.2. The van der Waals surface area contributed by atoms with Crippen LogP contribution in [0.1, 0.15) is 30.4 Å². The molecule has 6 heteroatoms. The molecule has 1 saturated heterocycles. The highest BCUT2D eigenvalue weighted by Crippen LogP contribution is 2.41. The topological polar surface area (TPSA) is 57.9 Å². The van der Waals surface area contributed by atoms with Gasteiger partial charge in [0, 0.05) is 0 Å². The summed E-state index contributed by atoms with van der Waals surface area (Å²) in [5.74, 6) is -1.83. The molecule has 3 rings (SSSR count). The molecule has 0 radical (unpaired) electrons. The highest BCUT2D eigenvalue weighted by molar-refractivity contribution is 7.93. The van der Waals surface area contributed by atoms with E-state index in [9.17, 15) is 17.2 Å². The third-order valence-corrected chi connectivity index (χ3v) is 6.57. The van der Waals surface area contributed by atoms with E-state index >= 15 is 0 Å². The van der Waals surface area contributed by atoms with E-state index < -0.39 is 37.5 Å². The second-order valence-electron chi connectivity index (χ2n) is 5.15. The maximum Gasteiger partial charge on any atom is 0.159 e. The number of benzene rings is 1. The molecule has 1 aromatic rings. The summed E-state index contributed by atoms with van der Waals surface area (Å²) in [5, 5.41) is 7.65. The average Bonchev–Trinajstić information content (AvgIpc) is 2.57. The van der Waals surface area contributed by atoms with Crippen LogP contribution in [0.2, 0.25) is 0 Å². The molecular formula is C14H11F2NO2S. The van der Waals surface area contributed by atoms with Crippen molar-refractivity contribution in [3.63, 3.8) is 0 Å². The number of sulfone groups is 1. The zero-order valence-electron chi connectivity index (χ0n) is 10.4. The van der Waals surface area contributed by atoms with E-state index in [4.69, 9.17) is 5.26 Å². The number of allylic oxidation sites excluding steroid dienone is 1. The summed E-state index contributed by atoms with van der Waals surface area (Å²) in [6.07, 6.45) is 3.04. The lowest BCUT2D eigenvalue weighted by molar-refractivity contribution is 0.575. The first-order valence-corrected chi connectivity index (χ1v) is 7.87. The second kappa shape index (κ2) is 4.38. The zero-order chi connectivity index (χ0) is 14.5. The van der Waals surface area contributed by atoms with E-state index in [0.717, 1.165) is 12.1 Å². The largest absolute Gasteiger partial charge is 0.228 e. The van der Waals surface area contributed by atoms with Gasteiger partial charge in [-0.2, -0.15) is 5.26 Å². The van der Waals surface area contributed by atoms with Crippen LogP contribution >= 0.6 is 0 Å². The molecule has 2 aliphatic rings. The lowest BCUT2D eigenvalue weighted by Crippen LogP contribution is -2.26. The Labute approximate surface area is 115 Å². The predicted octanol–water partition coefficient (Wildman–Crippen LogP) is 2.57. The number of hydrogen-bond donors (Lipinski definition) is 0. The Hall–Kier alpha value is -1.74. The Balaban J connectivity index is 2.07. The van der Waals surface area contributed by atoms with Gasteiger partial charge in [0.25, 0.3) is 0 Å². The maximum atomic E-state index is 13.6. The second-order valence-corrected chi connectivity index (χ2v) is 7.60. The molecule has 2 heterocycles. The molecule has 0 aromatic heterocycles. The lowest BCUT2D eigenvalue weighted by atomic mass is 9.99. The molecule has 2 bridgehead atoms. The molecule has 0 amide bonds. The Morgan fingerprint density at radius 2 is 1.85 bits per heavy atom. The normalized spacial score (nSPS) is 26.9. The van der Waals surface area contributed by atoms with Crippen LogP contribution in [0.3, 0.4) is 0 Å². The van der Waals surface area contributed by atoms with Gasteiger partial charge in [-0.1, -0.05) is 6.08 Å². The zero-order valence-corrected chi connectivity index (χ0v) is 11.3. The summed E-state index contributed by atoms with van der Waals surface area (Å²) in [4.78, 5) is 0. The molecule has 2 aliphatic heterocycles. The van der Waals surface area contributed by atoms with Gasteiger partial charge in [-0.15, -0.1) is 0 Å². The van der Waals surface area contributed by atoms with Crippen LogP contribution < -0.4 is 0 Å². The third-order valence-electron chi connectivity index (χ3n) is 4.02. The van der Waals surface area contributed by atoms with E-state index in [2.05, 4.69) is 0 Å². The summed E-state index contributed by atoms with van der Waals surface area (Å²) in [6.45, 7) is 0. The maximum absolute atomic E-state index is 13.6. The van der Waals surface area contributed by atoms with Crippen LogP contribution in [-0.2, 0) is 9.84 Å². The molecule has 20 heavy (non-hydrogen) atoms. The SMILES string of the molecule is N#Cc1c(F)cc(C2=CC3CCC(C2)S3(=O)=O)cc1F. The quantitative estimate of drug-likeness (QED) is 0.800. The third kappa shape index (κ3) is 1.85. The van der Waals surface area contributed by atoms with Gasteiger partial charge in [0.15, 0.2) is 9.84 Å². The number of rotatable bonds is 1. The van der Waals surface area contributed by atoms with Crippen LogP contribution in [0.5, 0.6) is 0 Å². The van der Waals surface area contributed by atoms with Crippen molar-refractivity contribution < 1.29 is 17.2 Å². The van der Waals surface area contributed by atoms with Crippen LogP contribution in [0.25, 0.3) is 5.57 Å². The summed E-state index contributed by atoms with van der Waals surface area (Å²) in [6, 6.07) is 3.68. The van der Waals surface area contributed by atoms with Crippen molar-refractivity contribution in [3.8, 4) is 6.07 Å². The number of nitriles is 1. The minimum atomic E-state index is -3.12. The first kappa shape index (κ1) is 13.3. The number of fused-ring (bicyclic) bond motifs is 2. The Kier molecular flexibility index (Phi) is 2.91. The predicted molar refractivity (Wildman–Crippen MR) is 69.4 cm³/mol. The molecule has 1 fully saturated rings. The van der Waals surface area contributed by atoms with Gasteiger partial charge in [0.2, 0.25) is 0 Å². The highest BCUT2D eigenvalue weighted by Gasteiger charge is 2.43. The smallest absolute Gasteiger partial charge is 0.159 e. The molecule has 104 valence electrons. The molecule has 0 N–H and O–H groups in total. The van der Waals surface area contributed by atoms with Crippen molar-refractivity contribution in [2.24, 2.45) is 0 Å². The van der Waals surface area contributed by atoms with Crippen molar-refractivity contribution in [3.05, 3.63) is 41.0 Å². The van der Waals surface area contributed by atoms with Gasteiger partial charge < -0.3 is 0 Å². The summed E-state index contributed by atoms with van der Waals surface area (Å²) >= 11 is 0. The van der Waals surface area contributed by atoms with Crippen molar-refractivity contribution >= 4 is 15.4 Å². The van der Waals surface area contributed by atoms with Gasteiger partial charge in [0.05, 0.1) is 10.5 Å². The van der Waals surface area contributed by atoms with Crippen molar-refractivity contribution in [1.82, 2.24) is 0 Å². The van der Waals surface area contributed by atoms with Crippen LogP contribution in [-0.4, -0.2) is 18.9 Å². The van der Waals surface area contributed by atoms with Crippen LogP contribution in [0.15, 0.2) is 18.2 Å². The van der Waals surface area contributed by atoms with Crippen molar-refractivity contribution in [1.29, 1.82) is 5.26 Å². The number of halogens is 2. The van der Waals surface area contributed by atoms with Crippen molar-refractivity contribution in [2.75, 3.05) is 0 Å². The Morgan fingerprint density at radius 1 is 1.20 bits per heavy atom. The first-order chi connectivity index (χ1) is 9.43. The lowest BCUT2D eigenvalue weighted by Gasteiger charge is -2.20. The summed E-state index contributed by atoms with van der Waals surface area (Å²) in [7, 11) is -3.12. The molecule has 2 atom stereocenters. The van der Waals surface area contributed by atoms with E-state index in [0.29, 0.717) is 24.0 Å². The van der Waals surface area contributed by atoms with Crippen LogP contribution in [0.4, 0.5) is 8.78 Å². The minimum Gasteiger partial charge on any atom is -0.228 e. The minimum absolute atomic E-state index is 0.281. The summed E-state index contributed by atoms with van der Waals surface area (Å²) < 4.78 is 51.1. The van der Waals surface area contributed by atoms with E-state index in [1.807, 2.05) is 0 Å². The van der Waals surface area contributed by atoms with Gasteiger partial charge in [0.1, 0.15) is 23.3 Å². The molecule has 2 unspecified atom stereocenters. The fourth-order valence-electron chi connectivity index (χ4n) is 2.94. The van der Waals surface area contributed by atoms with Gasteiger partial charge in [-0.25, -0.2) is 17.2 Å².